The Hall–Kier alpha value is -0.700. The molecule has 0 amide bonds. The lowest BCUT2D eigenvalue weighted by Gasteiger charge is -2.20. The number of likely N-dealkylation sites (N-methyl/N-ethyl adjacent to an activating group) is 1. The molecular weight excluding hydrogens is 154 g/mol. The van der Waals surface area contributed by atoms with Crippen molar-refractivity contribution in [3.8, 4) is 0 Å². The summed E-state index contributed by atoms with van der Waals surface area (Å²) in [6.07, 6.45) is 3.85. The van der Waals surface area contributed by atoms with Crippen molar-refractivity contribution in [1.82, 2.24) is 4.90 Å². The van der Waals surface area contributed by atoms with E-state index < -0.39 is 5.54 Å². The van der Waals surface area contributed by atoms with E-state index in [9.17, 15) is 9.59 Å². The van der Waals surface area contributed by atoms with E-state index in [2.05, 4.69) is 0 Å². The first-order valence-electron chi connectivity index (χ1n) is 3.89. The number of hydrogen-bond acceptors (Lipinski definition) is 3. The first-order chi connectivity index (χ1) is 5.45. The molecule has 1 aliphatic carbocycles. The summed E-state index contributed by atoms with van der Waals surface area (Å²) in [5, 5.41) is 0. The van der Waals surface area contributed by atoms with Crippen LogP contribution in [0.5, 0.6) is 0 Å². The van der Waals surface area contributed by atoms with E-state index in [1.165, 1.54) is 0 Å². The zero-order chi connectivity index (χ0) is 9.57. The number of nitrogens with zero attached hydrogens (tertiary/aromatic N) is 1. The summed E-state index contributed by atoms with van der Waals surface area (Å²) >= 11 is 0. The van der Waals surface area contributed by atoms with Crippen LogP contribution < -0.4 is 0 Å². The number of rotatable bonds is 3. The van der Waals surface area contributed by atoms with E-state index in [0.29, 0.717) is 0 Å². The molecule has 0 bridgehead atoms. The lowest BCUT2D eigenvalue weighted by atomic mass is 10.1. The van der Waals surface area contributed by atoms with Crippen molar-refractivity contribution in [2.45, 2.75) is 19.4 Å². The second-order valence-corrected chi connectivity index (χ2v) is 4.04. The van der Waals surface area contributed by atoms with E-state index in [0.717, 1.165) is 0 Å². The van der Waals surface area contributed by atoms with Crippen LogP contribution in [0.25, 0.3) is 0 Å². The van der Waals surface area contributed by atoms with Crippen molar-refractivity contribution in [3.63, 3.8) is 0 Å². The molecular formula is C9H13NO2. The SMILES string of the molecule is CN(C)C1([C]=O)C([C]=O)C1(C)C. The molecule has 1 saturated carbocycles. The Kier molecular flexibility index (Phi) is 1.87. The van der Waals surface area contributed by atoms with Crippen molar-refractivity contribution < 1.29 is 9.59 Å². The first kappa shape index (κ1) is 9.39. The van der Waals surface area contributed by atoms with Gasteiger partial charge < -0.3 is 0 Å². The second kappa shape index (κ2) is 2.39. The molecule has 12 heavy (non-hydrogen) atoms. The Morgan fingerprint density at radius 1 is 1.25 bits per heavy atom. The quantitative estimate of drug-likeness (QED) is 0.601. The fourth-order valence-corrected chi connectivity index (χ4v) is 2.09. The molecule has 66 valence electrons. The van der Waals surface area contributed by atoms with Crippen LogP contribution >= 0.6 is 0 Å². The van der Waals surface area contributed by atoms with Gasteiger partial charge in [-0.3, -0.25) is 14.5 Å². The minimum absolute atomic E-state index is 0.319. The lowest BCUT2D eigenvalue weighted by Crippen LogP contribution is -2.37. The highest BCUT2D eigenvalue weighted by Crippen LogP contribution is 2.61. The van der Waals surface area contributed by atoms with Gasteiger partial charge in [0.2, 0.25) is 12.6 Å². The van der Waals surface area contributed by atoms with Crippen LogP contribution in [0.4, 0.5) is 0 Å². The van der Waals surface area contributed by atoms with Gasteiger partial charge in [-0.2, -0.15) is 0 Å². The molecule has 0 N–H and O–H groups in total. The lowest BCUT2D eigenvalue weighted by molar-refractivity contribution is 0.280. The Morgan fingerprint density at radius 2 is 1.75 bits per heavy atom. The highest BCUT2D eigenvalue weighted by Gasteiger charge is 2.74. The van der Waals surface area contributed by atoms with Gasteiger partial charge in [0.15, 0.2) is 0 Å². The maximum atomic E-state index is 10.8. The van der Waals surface area contributed by atoms with E-state index in [1.54, 1.807) is 19.0 Å². The van der Waals surface area contributed by atoms with Gasteiger partial charge in [0.1, 0.15) is 5.54 Å². The van der Waals surface area contributed by atoms with Crippen LogP contribution in [0, 0.1) is 11.3 Å². The molecule has 0 spiro atoms. The summed E-state index contributed by atoms with van der Waals surface area (Å²) < 4.78 is 0. The number of carbonyl (C=O) groups excluding carboxylic acids is 2. The second-order valence-electron chi connectivity index (χ2n) is 4.04. The minimum Gasteiger partial charge on any atom is -0.296 e. The monoisotopic (exact) mass is 167 g/mol. The van der Waals surface area contributed by atoms with E-state index in [-0.39, 0.29) is 11.3 Å². The van der Waals surface area contributed by atoms with Crippen LogP contribution in [0.3, 0.4) is 0 Å². The highest BCUT2D eigenvalue weighted by molar-refractivity contribution is 5.84. The van der Waals surface area contributed by atoms with Crippen LogP contribution in [-0.4, -0.2) is 37.1 Å². The first-order valence-corrected chi connectivity index (χ1v) is 3.89. The Bertz CT molecular complexity index is 223. The van der Waals surface area contributed by atoms with E-state index in [4.69, 9.17) is 0 Å². The topological polar surface area (TPSA) is 37.4 Å². The van der Waals surface area contributed by atoms with Gasteiger partial charge in [-0.05, 0) is 14.1 Å². The number of hydrogen-bond donors (Lipinski definition) is 0. The fraction of sp³-hybridized carbons (Fsp3) is 0.778. The maximum absolute atomic E-state index is 10.8. The van der Waals surface area contributed by atoms with Crippen molar-refractivity contribution in [1.29, 1.82) is 0 Å². The summed E-state index contributed by atoms with van der Waals surface area (Å²) in [4.78, 5) is 23.0. The molecule has 0 aromatic heterocycles. The minimum atomic E-state index is -0.741. The Morgan fingerprint density at radius 3 is 1.83 bits per heavy atom. The van der Waals surface area contributed by atoms with Gasteiger partial charge in [0.25, 0.3) is 0 Å². The van der Waals surface area contributed by atoms with Crippen LogP contribution in [-0.2, 0) is 9.59 Å². The fourth-order valence-electron chi connectivity index (χ4n) is 2.09. The summed E-state index contributed by atoms with van der Waals surface area (Å²) in [5.41, 5.74) is -1.06. The van der Waals surface area contributed by atoms with Crippen LogP contribution in [0.2, 0.25) is 0 Å². The van der Waals surface area contributed by atoms with Crippen molar-refractivity contribution in [3.05, 3.63) is 0 Å². The molecule has 3 nitrogen and oxygen atoms in total. The largest absolute Gasteiger partial charge is 0.296 e. The van der Waals surface area contributed by atoms with Gasteiger partial charge in [0, 0.05) is 5.41 Å². The van der Waals surface area contributed by atoms with E-state index >= 15 is 0 Å². The smallest absolute Gasteiger partial charge is 0.221 e. The average Bonchev–Trinajstić information content (AvgIpc) is 2.47. The Balaban J connectivity index is 3.00. The summed E-state index contributed by atoms with van der Waals surface area (Å²) in [6.45, 7) is 3.76. The zero-order valence-electron chi connectivity index (χ0n) is 7.84. The van der Waals surface area contributed by atoms with Crippen LogP contribution in [0.15, 0.2) is 0 Å². The maximum Gasteiger partial charge on any atom is 0.221 e. The molecule has 2 atom stereocenters. The van der Waals surface area contributed by atoms with Crippen molar-refractivity contribution in [2.75, 3.05) is 14.1 Å². The molecule has 0 heterocycles. The summed E-state index contributed by atoms with van der Waals surface area (Å²) in [6, 6.07) is 0. The summed E-state index contributed by atoms with van der Waals surface area (Å²) in [5.74, 6) is -0.336. The molecule has 1 rings (SSSR count). The predicted molar refractivity (Wildman–Crippen MR) is 45.1 cm³/mol. The van der Waals surface area contributed by atoms with Crippen molar-refractivity contribution >= 4 is 12.6 Å². The zero-order valence-corrected chi connectivity index (χ0v) is 7.84. The van der Waals surface area contributed by atoms with Gasteiger partial charge in [-0.15, -0.1) is 0 Å². The molecule has 0 aromatic rings. The van der Waals surface area contributed by atoms with E-state index in [1.807, 2.05) is 26.4 Å². The van der Waals surface area contributed by atoms with Gasteiger partial charge in [-0.25, -0.2) is 0 Å². The Labute approximate surface area is 72.7 Å². The summed E-state index contributed by atoms with van der Waals surface area (Å²) in [7, 11) is 3.56. The molecule has 2 unspecified atom stereocenters. The predicted octanol–water partition coefficient (Wildman–Crippen LogP) is 0.162. The normalized spacial score (nSPS) is 37.9. The van der Waals surface area contributed by atoms with Gasteiger partial charge >= 0.3 is 0 Å². The standard InChI is InChI=1S/C9H13NO2/c1-8(2)7(5-11)9(8,6-12)10(3)4/h7H,1-4H3. The molecule has 1 aliphatic rings. The molecule has 1 fully saturated rings. The molecule has 2 radical (unpaired) electrons. The van der Waals surface area contributed by atoms with Crippen molar-refractivity contribution in [2.24, 2.45) is 11.3 Å². The van der Waals surface area contributed by atoms with Crippen LogP contribution in [0.1, 0.15) is 13.8 Å². The highest BCUT2D eigenvalue weighted by atomic mass is 16.1. The molecule has 3 heteroatoms. The third kappa shape index (κ3) is 0.746. The average molecular weight is 167 g/mol. The van der Waals surface area contributed by atoms with Gasteiger partial charge in [-0.1, -0.05) is 13.8 Å². The third-order valence-corrected chi connectivity index (χ3v) is 3.02. The molecule has 0 aromatic carbocycles. The third-order valence-electron chi connectivity index (χ3n) is 3.02. The van der Waals surface area contributed by atoms with Gasteiger partial charge in [0.05, 0.1) is 5.92 Å². The molecule has 0 aliphatic heterocycles. The molecule has 0 saturated heterocycles.